The van der Waals surface area contributed by atoms with Gasteiger partial charge >= 0.3 is 0 Å². The molecule has 2 N–H and O–H groups in total. The van der Waals surface area contributed by atoms with Gasteiger partial charge in [0.15, 0.2) is 18.0 Å². The summed E-state index contributed by atoms with van der Waals surface area (Å²) < 4.78 is 16.5. The van der Waals surface area contributed by atoms with Gasteiger partial charge in [0.25, 0.3) is 5.91 Å². The number of halogens is 1. The van der Waals surface area contributed by atoms with Gasteiger partial charge in [-0.3, -0.25) is 4.79 Å². The smallest absolute Gasteiger partial charge is 0.279 e. The monoisotopic (exact) mass is 407 g/mol. The van der Waals surface area contributed by atoms with E-state index in [0.717, 1.165) is 16.2 Å². The van der Waals surface area contributed by atoms with Crippen LogP contribution in [0.25, 0.3) is 0 Å². The fourth-order valence-electron chi connectivity index (χ4n) is 2.88. The molecule has 2 rings (SSSR count). The predicted molar refractivity (Wildman–Crippen MR) is 111 cm³/mol. The van der Waals surface area contributed by atoms with Gasteiger partial charge in [0.1, 0.15) is 12.3 Å². The normalized spacial score (nSPS) is 11.6. The standard InChI is InChI=1S/C21H27ClN2O4/c1-5-27-19-10-8-17(12-20(19)28-6-2)23-21(25)14-24(3)13-15-11-16(22)7-9-18(15)26-4/h7-12H,5-6,13-14H2,1-4H3,(H,23,25)/p+1. The Balaban J connectivity index is 1.99. The summed E-state index contributed by atoms with van der Waals surface area (Å²) >= 11 is 6.08. The Morgan fingerprint density at radius 1 is 1.04 bits per heavy atom. The predicted octanol–water partition coefficient (Wildman–Crippen LogP) is 2.80. The van der Waals surface area contributed by atoms with Gasteiger partial charge in [-0.1, -0.05) is 11.6 Å². The third kappa shape index (κ3) is 6.32. The van der Waals surface area contributed by atoms with Crippen LogP contribution in [0.2, 0.25) is 5.02 Å². The lowest BCUT2D eigenvalue weighted by Gasteiger charge is -2.17. The van der Waals surface area contributed by atoms with Crippen LogP contribution in [0, 0.1) is 0 Å². The molecule has 0 saturated heterocycles. The molecule has 1 unspecified atom stereocenters. The van der Waals surface area contributed by atoms with E-state index < -0.39 is 0 Å². The minimum atomic E-state index is -0.0925. The van der Waals surface area contributed by atoms with Crippen molar-refractivity contribution < 1.29 is 23.9 Å². The Morgan fingerprint density at radius 3 is 2.39 bits per heavy atom. The van der Waals surface area contributed by atoms with Crippen LogP contribution in [0.4, 0.5) is 5.69 Å². The van der Waals surface area contributed by atoms with Crippen molar-refractivity contribution in [1.82, 2.24) is 0 Å². The fourth-order valence-corrected chi connectivity index (χ4v) is 3.08. The zero-order valence-corrected chi connectivity index (χ0v) is 17.6. The van der Waals surface area contributed by atoms with Crippen LogP contribution in [-0.4, -0.2) is 39.8 Å². The first-order chi connectivity index (χ1) is 13.5. The summed E-state index contributed by atoms with van der Waals surface area (Å²) in [6, 6.07) is 10.9. The summed E-state index contributed by atoms with van der Waals surface area (Å²) in [7, 11) is 3.57. The van der Waals surface area contributed by atoms with E-state index in [4.69, 9.17) is 25.8 Å². The number of quaternary nitrogens is 1. The average molecular weight is 408 g/mol. The molecule has 0 aliphatic carbocycles. The maximum atomic E-state index is 12.5. The molecule has 28 heavy (non-hydrogen) atoms. The van der Waals surface area contributed by atoms with Crippen LogP contribution in [0.3, 0.4) is 0 Å². The van der Waals surface area contributed by atoms with Crippen LogP contribution < -0.4 is 24.4 Å². The molecule has 0 aliphatic heterocycles. The third-order valence-electron chi connectivity index (χ3n) is 4.02. The van der Waals surface area contributed by atoms with Gasteiger partial charge in [0, 0.05) is 22.3 Å². The Labute approximate surface area is 171 Å². The summed E-state index contributed by atoms with van der Waals surface area (Å²) in [6.07, 6.45) is 0. The topological polar surface area (TPSA) is 61.2 Å². The summed E-state index contributed by atoms with van der Waals surface area (Å²) in [5.41, 5.74) is 1.63. The molecule has 6 nitrogen and oxygen atoms in total. The molecule has 0 bridgehead atoms. The first-order valence-electron chi connectivity index (χ1n) is 9.30. The minimum absolute atomic E-state index is 0.0925. The Bertz CT molecular complexity index is 798. The fraction of sp³-hybridized carbons (Fsp3) is 0.381. The van der Waals surface area contributed by atoms with E-state index >= 15 is 0 Å². The second-order valence-electron chi connectivity index (χ2n) is 6.34. The number of hydrogen-bond acceptors (Lipinski definition) is 4. The van der Waals surface area contributed by atoms with E-state index in [0.29, 0.717) is 48.5 Å². The number of nitrogens with one attached hydrogen (secondary N) is 2. The number of anilines is 1. The van der Waals surface area contributed by atoms with Crippen molar-refractivity contribution in [3.63, 3.8) is 0 Å². The number of carbonyl (C=O) groups is 1. The van der Waals surface area contributed by atoms with Crippen LogP contribution in [0.1, 0.15) is 19.4 Å². The number of methoxy groups -OCH3 is 1. The van der Waals surface area contributed by atoms with Crippen LogP contribution in [-0.2, 0) is 11.3 Å². The molecular formula is C21H28ClN2O4+. The number of benzene rings is 2. The molecule has 0 saturated carbocycles. The van der Waals surface area contributed by atoms with Crippen molar-refractivity contribution in [1.29, 1.82) is 0 Å². The highest BCUT2D eigenvalue weighted by molar-refractivity contribution is 6.30. The molecule has 2 aromatic carbocycles. The van der Waals surface area contributed by atoms with Crippen molar-refractivity contribution in [2.24, 2.45) is 0 Å². The molecule has 0 heterocycles. The summed E-state index contributed by atoms with van der Waals surface area (Å²) in [5.74, 6) is 1.95. The van der Waals surface area contributed by atoms with Gasteiger partial charge in [-0.05, 0) is 44.2 Å². The van der Waals surface area contributed by atoms with E-state index in [9.17, 15) is 4.79 Å². The van der Waals surface area contributed by atoms with Gasteiger partial charge in [-0.2, -0.15) is 0 Å². The number of amides is 1. The van der Waals surface area contributed by atoms with Gasteiger partial charge in [0.05, 0.1) is 27.4 Å². The third-order valence-corrected chi connectivity index (χ3v) is 4.26. The lowest BCUT2D eigenvalue weighted by atomic mass is 10.2. The van der Waals surface area contributed by atoms with Crippen molar-refractivity contribution in [2.45, 2.75) is 20.4 Å². The van der Waals surface area contributed by atoms with E-state index in [2.05, 4.69) is 5.32 Å². The van der Waals surface area contributed by atoms with E-state index in [-0.39, 0.29) is 5.91 Å². The second kappa shape index (κ2) is 10.8. The molecule has 0 radical (unpaired) electrons. The quantitative estimate of drug-likeness (QED) is 0.635. The molecule has 0 spiro atoms. The molecule has 2 aromatic rings. The molecule has 0 fully saturated rings. The maximum Gasteiger partial charge on any atom is 0.279 e. The van der Waals surface area contributed by atoms with Crippen LogP contribution >= 0.6 is 11.6 Å². The number of hydrogen-bond donors (Lipinski definition) is 2. The van der Waals surface area contributed by atoms with Gasteiger partial charge in [-0.25, -0.2) is 0 Å². The molecule has 0 aliphatic rings. The minimum Gasteiger partial charge on any atom is -0.496 e. The van der Waals surface area contributed by atoms with Gasteiger partial charge < -0.3 is 24.4 Å². The van der Waals surface area contributed by atoms with Crippen molar-refractivity contribution in [3.8, 4) is 17.2 Å². The maximum absolute atomic E-state index is 12.5. The highest BCUT2D eigenvalue weighted by atomic mass is 35.5. The number of carbonyl (C=O) groups excluding carboxylic acids is 1. The Kier molecular flexibility index (Phi) is 8.42. The van der Waals surface area contributed by atoms with Gasteiger partial charge in [-0.15, -0.1) is 0 Å². The molecule has 7 heteroatoms. The zero-order valence-electron chi connectivity index (χ0n) is 16.8. The largest absolute Gasteiger partial charge is 0.496 e. The summed E-state index contributed by atoms with van der Waals surface area (Å²) in [6.45, 7) is 5.80. The van der Waals surface area contributed by atoms with Crippen molar-refractivity contribution >= 4 is 23.2 Å². The van der Waals surface area contributed by atoms with Crippen LogP contribution in [0.5, 0.6) is 17.2 Å². The summed E-state index contributed by atoms with van der Waals surface area (Å²) in [5, 5.41) is 3.56. The SMILES string of the molecule is CCOc1ccc(NC(=O)C[NH+](C)Cc2cc(Cl)ccc2OC)cc1OCC. The van der Waals surface area contributed by atoms with Crippen molar-refractivity contribution in [2.75, 3.05) is 39.2 Å². The zero-order chi connectivity index (χ0) is 20.5. The van der Waals surface area contributed by atoms with E-state index in [1.54, 1.807) is 31.4 Å². The highest BCUT2D eigenvalue weighted by Crippen LogP contribution is 2.30. The van der Waals surface area contributed by atoms with Crippen molar-refractivity contribution in [3.05, 3.63) is 47.0 Å². The molecule has 0 aromatic heterocycles. The Morgan fingerprint density at radius 2 is 1.71 bits per heavy atom. The molecule has 1 amide bonds. The highest BCUT2D eigenvalue weighted by Gasteiger charge is 2.15. The average Bonchev–Trinajstić information content (AvgIpc) is 2.64. The lowest BCUT2D eigenvalue weighted by Crippen LogP contribution is -3.08. The Hall–Kier alpha value is -2.44. The molecule has 1 atom stereocenters. The van der Waals surface area contributed by atoms with E-state index in [1.165, 1.54) is 0 Å². The molecule has 152 valence electrons. The number of rotatable bonds is 10. The molecular weight excluding hydrogens is 380 g/mol. The second-order valence-corrected chi connectivity index (χ2v) is 6.78. The van der Waals surface area contributed by atoms with Crippen LogP contribution in [0.15, 0.2) is 36.4 Å². The summed E-state index contributed by atoms with van der Waals surface area (Å²) in [4.78, 5) is 13.5. The van der Waals surface area contributed by atoms with E-state index in [1.807, 2.05) is 33.0 Å². The number of likely N-dealkylation sites (N-methyl/N-ethyl adjacent to an activating group) is 1. The lowest BCUT2D eigenvalue weighted by molar-refractivity contribution is -0.885. The first-order valence-corrected chi connectivity index (χ1v) is 9.67. The number of ether oxygens (including phenoxy) is 3. The van der Waals surface area contributed by atoms with Gasteiger partial charge in [0.2, 0.25) is 0 Å². The first kappa shape index (κ1) is 21.9.